The summed E-state index contributed by atoms with van der Waals surface area (Å²) in [4.78, 5) is 0. The van der Waals surface area contributed by atoms with E-state index in [9.17, 15) is 0 Å². The lowest BCUT2D eigenvalue weighted by molar-refractivity contribution is 0.321. The second-order valence-electron chi connectivity index (χ2n) is 6.12. The monoisotopic (exact) mass is 438 g/mol. The zero-order valence-electron chi connectivity index (χ0n) is 11.3. The van der Waals surface area contributed by atoms with Crippen molar-refractivity contribution in [2.45, 2.75) is 39.0 Å². The van der Waals surface area contributed by atoms with Crippen molar-refractivity contribution < 1.29 is 0 Å². The van der Waals surface area contributed by atoms with Crippen molar-refractivity contribution >= 4 is 47.8 Å². The predicted molar refractivity (Wildman–Crippen MR) is 92.1 cm³/mol. The lowest BCUT2D eigenvalue weighted by atomic mass is 9.76. The summed E-state index contributed by atoms with van der Waals surface area (Å²) < 4.78 is 1.15. The Labute approximate surface area is 136 Å². The van der Waals surface area contributed by atoms with Gasteiger partial charge in [0.2, 0.25) is 0 Å². The zero-order valence-corrected chi connectivity index (χ0v) is 16.0. The van der Waals surface area contributed by atoms with Crippen molar-refractivity contribution in [3.63, 3.8) is 0 Å². The first-order valence-corrected chi connectivity index (χ1v) is 9.25. The molecule has 0 aliphatic rings. The van der Waals surface area contributed by atoms with Gasteiger partial charge in [0, 0.05) is 20.5 Å². The normalized spacial score (nSPS) is 12.8. The topological polar surface area (TPSA) is 0 Å². The molecule has 0 heterocycles. The van der Waals surface area contributed by atoms with Crippen LogP contribution in [0, 0.1) is 5.41 Å². The number of rotatable bonds is 5. The summed E-state index contributed by atoms with van der Waals surface area (Å²) in [7, 11) is 0. The summed E-state index contributed by atoms with van der Waals surface area (Å²) in [6.07, 6.45) is 2.40. The standard InChI is InChI=1S/C15H21Br3/c1-14(2,3)7-8-15(10-16,11-17)12-5-4-6-13(18)9-12/h4-6,9H,7-8,10-11H2,1-3H3. The minimum absolute atomic E-state index is 0.178. The van der Waals surface area contributed by atoms with E-state index in [0.29, 0.717) is 5.41 Å². The van der Waals surface area contributed by atoms with Crippen molar-refractivity contribution in [1.29, 1.82) is 0 Å². The molecule has 3 heteroatoms. The summed E-state index contributed by atoms with van der Waals surface area (Å²) in [6.45, 7) is 6.92. The van der Waals surface area contributed by atoms with E-state index in [-0.39, 0.29) is 5.41 Å². The molecule has 0 atom stereocenters. The first-order chi connectivity index (χ1) is 8.33. The van der Waals surface area contributed by atoms with Crippen molar-refractivity contribution in [2.75, 3.05) is 10.7 Å². The van der Waals surface area contributed by atoms with Gasteiger partial charge in [-0.15, -0.1) is 0 Å². The number of benzene rings is 1. The van der Waals surface area contributed by atoms with Crippen molar-refractivity contribution in [1.82, 2.24) is 0 Å². The highest BCUT2D eigenvalue weighted by molar-refractivity contribution is 9.10. The Morgan fingerprint density at radius 3 is 2.06 bits per heavy atom. The number of hydrogen-bond donors (Lipinski definition) is 0. The smallest absolute Gasteiger partial charge is 0.0178 e. The summed E-state index contributed by atoms with van der Waals surface area (Å²) in [5, 5.41) is 1.97. The van der Waals surface area contributed by atoms with Gasteiger partial charge in [0.15, 0.2) is 0 Å². The zero-order chi connectivity index (χ0) is 13.8. The maximum atomic E-state index is 3.72. The van der Waals surface area contributed by atoms with Crippen LogP contribution in [-0.4, -0.2) is 10.7 Å². The molecule has 0 aliphatic carbocycles. The molecule has 0 radical (unpaired) electrons. The van der Waals surface area contributed by atoms with Crippen LogP contribution in [0.25, 0.3) is 0 Å². The van der Waals surface area contributed by atoms with Crippen LogP contribution in [0.5, 0.6) is 0 Å². The third-order valence-electron chi connectivity index (χ3n) is 3.30. The molecular formula is C15H21Br3. The lowest BCUT2D eigenvalue weighted by Gasteiger charge is -2.33. The molecule has 0 fully saturated rings. The van der Waals surface area contributed by atoms with E-state index in [1.807, 2.05) is 0 Å². The summed E-state index contributed by atoms with van der Waals surface area (Å²) in [5.74, 6) is 0. The molecule has 0 bridgehead atoms. The average molecular weight is 441 g/mol. The van der Waals surface area contributed by atoms with E-state index < -0.39 is 0 Å². The van der Waals surface area contributed by atoms with Crippen molar-refractivity contribution in [3.8, 4) is 0 Å². The van der Waals surface area contributed by atoms with Gasteiger partial charge in [0.1, 0.15) is 0 Å². The third-order valence-corrected chi connectivity index (χ3v) is 5.94. The molecule has 0 spiro atoms. The Kier molecular flexibility index (Phi) is 6.40. The quantitative estimate of drug-likeness (QED) is 0.471. The molecule has 0 aromatic heterocycles. The first kappa shape index (κ1) is 16.7. The van der Waals surface area contributed by atoms with E-state index in [2.05, 4.69) is 92.8 Å². The fourth-order valence-electron chi connectivity index (χ4n) is 1.90. The van der Waals surface area contributed by atoms with Gasteiger partial charge in [-0.25, -0.2) is 0 Å². The molecule has 0 saturated heterocycles. The van der Waals surface area contributed by atoms with Crippen LogP contribution < -0.4 is 0 Å². The van der Waals surface area contributed by atoms with E-state index in [4.69, 9.17) is 0 Å². The molecule has 0 amide bonds. The van der Waals surface area contributed by atoms with Crippen LogP contribution in [0.3, 0.4) is 0 Å². The second kappa shape index (κ2) is 6.90. The van der Waals surface area contributed by atoms with Crippen molar-refractivity contribution in [2.24, 2.45) is 5.41 Å². The van der Waals surface area contributed by atoms with E-state index in [1.54, 1.807) is 0 Å². The van der Waals surface area contributed by atoms with Gasteiger partial charge in [0.05, 0.1) is 0 Å². The molecule has 0 saturated carbocycles. The van der Waals surface area contributed by atoms with E-state index in [1.165, 1.54) is 18.4 Å². The Morgan fingerprint density at radius 2 is 1.61 bits per heavy atom. The SMILES string of the molecule is CC(C)(C)CCC(CBr)(CBr)c1cccc(Br)c1. The van der Waals surface area contributed by atoms with Crippen LogP contribution in [-0.2, 0) is 5.41 Å². The van der Waals surface area contributed by atoms with Crippen LogP contribution in [0.4, 0.5) is 0 Å². The van der Waals surface area contributed by atoms with Gasteiger partial charge < -0.3 is 0 Å². The number of halogens is 3. The molecule has 18 heavy (non-hydrogen) atoms. The Hall–Kier alpha value is 0.660. The number of hydrogen-bond acceptors (Lipinski definition) is 0. The fourth-order valence-corrected chi connectivity index (χ4v) is 4.44. The highest BCUT2D eigenvalue weighted by Crippen LogP contribution is 2.38. The fraction of sp³-hybridized carbons (Fsp3) is 0.600. The largest absolute Gasteiger partial charge is 0.0918 e. The Balaban J connectivity index is 2.99. The highest BCUT2D eigenvalue weighted by Gasteiger charge is 2.31. The van der Waals surface area contributed by atoms with Crippen LogP contribution in [0.1, 0.15) is 39.2 Å². The van der Waals surface area contributed by atoms with Crippen LogP contribution in [0.2, 0.25) is 0 Å². The van der Waals surface area contributed by atoms with Crippen LogP contribution >= 0.6 is 47.8 Å². The Morgan fingerprint density at radius 1 is 1.00 bits per heavy atom. The van der Waals surface area contributed by atoms with Crippen LogP contribution in [0.15, 0.2) is 28.7 Å². The van der Waals surface area contributed by atoms with E-state index >= 15 is 0 Å². The first-order valence-electron chi connectivity index (χ1n) is 6.21. The number of alkyl halides is 2. The third kappa shape index (κ3) is 4.64. The van der Waals surface area contributed by atoms with Gasteiger partial charge in [-0.3, -0.25) is 0 Å². The van der Waals surface area contributed by atoms with E-state index in [0.717, 1.165) is 15.1 Å². The molecule has 0 N–H and O–H groups in total. The van der Waals surface area contributed by atoms with Crippen molar-refractivity contribution in [3.05, 3.63) is 34.3 Å². The molecule has 0 aliphatic heterocycles. The van der Waals surface area contributed by atoms with Gasteiger partial charge in [0.25, 0.3) is 0 Å². The maximum absolute atomic E-state index is 3.72. The minimum Gasteiger partial charge on any atom is -0.0918 e. The molecule has 1 aromatic carbocycles. The molecule has 1 rings (SSSR count). The molecule has 1 aromatic rings. The minimum atomic E-state index is 0.178. The summed E-state index contributed by atoms with van der Waals surface area (Å²) >= 11 is 11.0. The molecule has 0 nitrogen and oxygen atoms in total. The average Bonchev–Trinajstić information content (AvgIpc) is 2.30. The second-order valence-corrected chi connectivity index (χ2v) is 8.16. The summed E-state index contributed by atoms with van der Waals surface area (Å²) in [6, 6.07) is 8.68. The van der Waals surface area contributed by atoms with Gasteiger partial charge in [-0.2, -0.15) is 0 Å². The maximum Gasteiger partial charge on any atom is 0.0178 e. The van der Waals surface area contributed by atoms with Gasteiger partial charge >= 0.3 is 0 Å². The highest BCUT2D eigenvalue weighted by atomic mass is 79.9. The van der Waals surface area contributed by atoms with Gasteiger partial charge in [-0.1, -0.05) is 80.7 Å². The summed E-state index contributed by atoms with van der Waals surface area (Å²) in [5.41, 5.74) is 1.95. The molecule has 0 unspecified atom stereocenters. The van der Waals surface area contributed by atoms with Gasteiger partial charge in [-0.05, 0) is 36.0 Å². The molecule has 102 valence electrons. The lowest BCUT2D eigenvalue weighted by Crippen LogP contribution is -2.31. The Bertz CT molecular complexity index is 376. The predicted octanol–water partition coefficient (Wildman–Crippen LogP) is 6.30. The molecular weight excluding hydrogens is 420 g/mol.